The van der Waals surface area contributed by atoms with Crippen molar-refractivity contribution in [1.29, 1.82) is 0 Å². The molecule has 0 amide bonds. The third-order valence-corrected chi connectivity index (χ3v) is 3.28. The third kappa shape index (κ3) is 4.48. The summed E-state index contributed by atoms with van der Waals surface area (Å²) in [5.41, 5.74) is 1.41. The molecule has 0 radical (unpaired) electrons. The normalized spacial score (nSPS) is 10.8. The summed E-state index contributed by atoms with van der Waals surface area (Å²) in [4.78, 5) is 9.87. The number of nitrogens with zero attached hydrogens (tertiary/aromatic N) is 1. The minimum Gasteiger partial charge on any atom is -0.488 e. The molecule has 0 unspecified atom stereocenters. The van der Waals surface area contributed by atoms with E-state index in [1.165, 1.54) is 6.08 Å². The summed E-state index contributed by atoms with van der Waals surface area (Å²) in [5.74, 6) is 0.543. The van der Waals surface area contributed by atoms with E-state index in [4.69, 9.17) is 27.9 Å². The van der Waals surface area contributed by atoms with Crippen LogP contribution < -0.4 is 4.74 Å². The molecule has 108 valence electrons. The van der Waals surface area contributed by atoms with Crippen molar-refractivity contribution in [3.8, 4) is 5.75 Å². The lowest BCUT2D eigenvalue weighted by Crippen LogP contribution is -1.98. The van der Waals surface area contributed by atoms with Crippen LogP contribution in [-0.4, -0.2) is 4.92 Å². The van der Waals surface area contributed by atoms with Gasteiger partial charge >= 0.3 is 0 Å². The average molecular weight is 324 g/mol. The van der Waals surface area contributed by atoms with Gasteiger partial charge in [0.15, 0.2) is 0 Å². The standard InChI is InChI=1S/C15H11Cl2NO3/c16-13-6-5-12(14(17)9-13)10-21-15-4-2-1-3-11(15)7-8-18(19)20/h1-9H,10H2/b8-7+. The molecule has 0 bridgehead atoms. The molecule has 0 aliphatic carbocycles. The summed E-state index contributed by atoms with van der Waals surface area (Å²) in [6.07, 6.45) is 2.26. The quantitative estimate of drug-likeness (QED) is 0.585. The second kappa shape index (κ2) is 7.11. The van der Waals surface area contributed by atoms with Crippen LogP contribution in [0, 0.1) is 10.1 Å². The monoisotopic (exact) mass is 323 g/mol. The lowest BCUT2D eigenvalue weighted by Gasteiger charge is -2.10. The van der Waals surface area contributed by atoms with Crippen molar-refractivity contribution in [3.05, 3.63) is 80.0 Å². The molecule has 0 aliphatic heterocycles. The van der Waals surface area contributed by atoms with Crippen LogP contribution in [-0.2, 0) is 6.61 Å². The van der Waals surface area contributed by atoms with Gasteiger partial charge in [-0.25, -0.2) is 0 Å². The predicted molar refractivity (Wildman–Crippen MR) is 83.3 cm³/mol. The zero-order valence-corrected chi connectivity index (χ0v) is 12.3. The zero-order chi connectivity index (χ0) is 15.2. The maximum atomic E-state index is 10.4. The molecule has 2 rings (SSSR count). The Hall–Kier alpha value is -2.04. The molecule has 0 aliphatic rings. The van der Waals surface area contributed by atoms with Crippen LogP contribution in [0.25, 0.3) is 6.08 Å². The van der Waals surface area contributed by atoms with Crippen molar-refractivity contribution in [3.63, 3.8) is 0 Å². The van der Waals surface area contributed by atoms with Crippen LogP contribution in [0.1, 0.15) is 11.1 Å². The lowest BCUT2D eigenvalue weighted by molar-refractivity contribution is -0.400. The SMILES string of the molecule is O=[N+]([O-])/C=C/c1ccccc1OCc1ccc(Cl)cc1Cl. The highest BCUT2D eigenvalue weighted by Crippen LogP contribution is 2.25. The van der Waals surface area contributed by atoms with Crippen molar-refractivity contribution in [2.24, 2.45) is 0 Å². The van der Waals surface area contributed by atoms with Crippen molar-refractivity contribution < 1.29 is 9.66 Å². The van der Waals surface area contributed by atoms with E-state index >= 15 is 0 Å². The van der Waals surface area contributed by atoms with E-state index in [9.17, 15) is 10.1 Å². The maximum Gasteiger partial charge on any atom is 0.235 e. The molecule has 2 aromatic carbocycles. The molecule has 0 atom stereocenters. The first kappa shape index (κ1) is 15.4. The summed E-state index contributed by atoms with van der Waals surface area (Å²) in [5, 5.41) is 11.5. The Balaban J connectivity index is 2.14. The van der Waals surface area contributed by atoms with E-state index in [-0.39, 0.29) is 6.61 Å². The maximum absolute atomic E-state index is 10.4. The molecule has 0 N–H and O–H groups in total. The van der Waals surface area contributed by atoms with Gasteiger partial charge in [-0.15, -0.1) is 0 Å². The fourth-order valence-corrected chi connectivity index (χ4v) is 2.15. The third-order valence-electron chi connectivity index (χ3n) is 2.69. The lowest BCUT2D eigenvalue weighted by atomic mass is 10.2. The van der Waals surface area contributed by atoms with Crippen LogP contribution in [0.4, 0.5) is 0 Å². The number of ether oxygens (including phenoxy) is 1. The van der Waals surface area contributed by atoms with Gasteiger partial charge in [-0.1, -0.05) is 47.5 Å². The smallest absolute Gasteiger partial charge is 0.235 e. The Bertz CT molecular complexity index is 686. The highest BCUT2D eigenvalue weighted by atomic mass is 35.5. The molecular weight excluding hydrogens is 313 g/mol. The van der Waals surface area contributed by atoms with Gasteiger partial charge in [0, 0.05) is 27.2 Å². The first-order valence-electron chi connectivity index (χ1n) is 6.04. The summed E-state index contributed by atoms with van der Waals surface area (Å²) in [7, 11) is 0. The topological polar surface area (TPSA) is 52.4 Å². The highest BCUT2D eigenvalue weighted by molar-refractivity contribution is 6.35. The molecule has 0 saturated heterocycles. The van der Waals surface area contributed by atoms with Crippen LogP contribution in [0.15, 0.2) is 48.7 Å². The summed E-state index contributed by atoms with van der Waals surface area (Å²) >= 11 is 11.9. The van der Waals surface area contributed by atoms with Gasteiger partial charge in [0.1, 0.15) is 12.4 Å². The molecular formula is C15H11Cl2NO3. The van der Waals surface area contributed by atoms with Gasteiger partial charge in [0.25, 0.3) is 0 Å². The molecule has 2 aromatic rings. The number of halogens is 2. The van der Waals surface area contributed by atoms with Crippen molar-refractivity contribution >= 4 is 29.3 Å². The molecule has 6 heteroatoms. The van der Waals surface area contributed by atoms with Crippen LogP contribution in [0.3, 0.4) is 0 Å². The Labute approximate surface area is 131 Å². The van der Waals surface area contributed by atoms with Gasteiger partial charge in [0.2, 0.25) is 6.20 Å². The van der Waals surface area contributed by atoms with Crippen molar-refractivity contribution in [2.45, 2.75) is 6.61 Å². The largest absolute Gasteiger partial charge is 0.488 e. The number of benzene rings is 2. The van der Waals surface area contributed by atoms with E-state index in [0.29, 0.717) is 21.4 Å². The fraction of sp³-hybridized carbons (Fsp3) is 0.0667. The van der Waals surface area contributed by atoms with Crippen LogP contribution in [0.2, 0.25) is 10.0 Å². The van der Waals surface area contributed by atoms with E-state index in [1.807, 2.05) is 0 Å². The van der Waals surface area contributed by atoms with Crippen LogP contribution >= 0.6 is 23.2 Å². The number of nitro groups is 1. The molecule has 0 heterocycles. The van der Waals surface area contributed by atoms with Gasteiger partial charge in [-0.2, -0.15) is 0 Å². The number of para-hydroxylation sites is 1. The van der Waals surface area contributed by atoms with Crippen molar-refractivity contribution in [1.82, 2.24) is 0 Å². The first-order chi connectivity index (χ1) is 10.1. The first-order valence-corrected chi connectivity index (χ1v) is 6.79. The Morgan fingerprint density at radius 2 is 1.95 bits per heavy atom. The van der Waals surface area contributed by atoms with Crippen molar-refractivity contribution in [2.75, 3.05) is 0 Å². The Kier molecular flexibility index (Phi) is 5.20. The second-order valence-electron chi connectivity index (χ2n) is 4.16. The van der Waals surface area contributed by atoms with Gasteiger partial charge < -0.3 is 4.74 Å². The molecule has 0 fully saturated rings. The van der Waals surface area contributed by atoms with E-state index in [2.05, 4.69) is 0 Å². The molecule has 0 spiro atoms. The summed E-state index contributed by atoms with van der Waals surface area (Å²) in [6.45, 7) is 0.249. The van der Waals surface area contributed by atoms with E-state index < -0.39 is 4.92 Å². The number of rotatable bonds is 5. The second-order valence-corrected chi connectivity index (χ2v) is 5.01. The molecule has 0 saturated carbocycles. The number of hydrogen-bond donors (Lipinski definition) is 0. The van der Waals surface area contributed by atoms with Gasteiger partial charge in [0.05, 0.1) is 4.92 Å². The summed E-state index contributed by atoms with van der Waals surface area (Å²) < 4.78 is 5.67. The summed E-state index contributed by atoms with van der Waals surface area (Å²) in [6, 6.07) is 12.2. The average Bonchev–Trinajstić information content (AvgIpc) is 2.45. The minimum atomic E-state index is -0.521. The van der Waals surface area contributed by atoms with E-state index in [1.54, 1.807) is 42.5 Å². The van der Waals surface area contributed by atoms with E-state index in [0.717, 1.165) is 11.8 Å². The zero-order valence-electron chi connectivity index (χ0n) is 10.8. The minimum absolute atomic E-state index is 0.249. The predicted octanol–water partition coefficient (Wildman–Crippen LogP) is 4.82. The number of hydrogen-bond acceptors (Lipinski definition) is 3. The molecule has 4 nitrogen and oxygen atoms in total. The Morgan fingerprint density at radius 3 is 2.67 bits per heavy atom. The van der Waals surface area contributed by atoms with Gasteiger partial charge in [-0.3, -0.25) is 10.1 Å². The Morgan fingerprint density at radius 1 is 1.19 bits per heavy atom. The van der Waals surface area contributed by atoms with Crippen LogP contribution in [0.5, 0.6) is 5.75 Å². The molecule has 0 aromatic heterocycles. The van der Waals surface area contributed by atoms with Gasteiger partial charge in [-0.05, 0) is 18.2 Å². The fourth-order valence-electron chi connectivity index (χ4n) is 1.69. The highest BCUT2D eigenvalue weighted by Gasteiger charge is 2.05. The molecule has 21 heavy (non-hydrogen) atoms.